The van der Waals surface area contributed by atoms with Crippen molar-refractivity contribution in [1.29, 1.82) is 0 Å². The van der Waals surface area contributed by atoms with E-state index < -0.39 is 6.04 Å². The number of carbonyl (C=O) groups excluding carboxylic acids is 1. The molecule has 2 rings (SSSR count). The van der Waals surface area contributed by atoms with Crippen LogP contribution in [0, 0.1) is 12.8 Å². The van der Waals surface area contributed by atoms with Crippen LogP contribution in [-0.4, -0.2) is 25.2 Å². The molecule has 6 heteroatoms. The highest BCUT2D eigenvalue weighted by Gasteiger charge is 2.26. The van der Waals surface area contributed by atoms with Crippen LogP contribution in [0.4, 0.5) is 5.69 Å². The molecule has 1 aliphatic rings. The van der Waals surface area contributed by atoms with E-state index in [2.05, 4.69) is 5.32 Å². The van der Waals surface area contributed by atoms with Crippen LogP contribution in [0.25, 0.3) is 0 Å². The predicted molar refractivity (Wildman–Crippen MR) is 83.6 cm³/mol. The van der Waals surface area contributed by atoms with Crippen molar-refractivity contribution in [3.63, 3.8) is 0 Å². The summed E-state index contributed by atoms with van der Waals surface area (Å²) in [5, 5.41) is 3.46. The number of ether oxygens (including phenoxy) is 1. The fourth-order valence-corrected chi connectivity index (χ4v) is 2.41. The Bertz CT molecular complexity index is 462. The third-order valence-corrected chi connectivity index (χ3v) is 3.77. The lowest BCUT2D eigenvalue weighted by Crippen LogP contribution is -2.44. The molecule has 1 unspecified atom stereocenters. The Kier molecular flexibility index (Phi) is 6.76. The largest absolute Gasteiger partial charge is 0.381 e. The predicted octanol–water partition coefficient (Wildman–Crippen LogP) is 2.76. The molecule has 1 aromatic rings. The van der Waals surface area contributed by atoms with Gasteiger partial charge in [0.1, 0.15) is 0 Å². The van der Waals surface area contributed by atoms with Gasteiger partial charge in [-0.05, 0) is 43.4 Å². The van der Waals surface area contributed by atoms with Gasteiger partial charge >= 0.3 is 0 Å². The molecule has 0 saturated carbocycles. The van der Waals surface area contributed by atoms with Gasteiger partial charge in [0.15, 0.2) is 0 Å². The van der Waals surface area contributed by atoms with E-state index in [9.17, 15) is 4.79 Å². The lowest BCUT2D eigenvalue weighted by molar-refractivity contribution is -0.119. The zero-order chi connectivity index (χ0) is 13.8. The summed E-state index contributed by atoms with van der Waals surface area (Å²) >= 11 is 5.93. The number of aryl methyl sites for hydroxylation is 1. The summed E-state index contributed by atoms with van der Waals surface area (Å²) in [6.45, 7) is 3.29. The van der Waals surface area contributed by atoms with Crippen LogP contribution in [0.2, 0.25) is 5.02 Å². The highest BCUT2D eigenvalue weighted by atomic mass is 35.5. The Morgan fingerprint density at radius 1 is 1.45 bits per heavy atom. The van der Waals surface area contributed by atoms with Crippen molar-refractivity contribution < 1.29 is 9.53 Å². The van der Waals surface area contributed by atoms with Crippen molar-refractivity contribution in [2.24, 2.45) is 11.7 Å². The molecule has 20 heavy (non-hydrogen) atoms. The van der Waals surface area contributed by atoms with Gasteiger partial charge in [0.05, 0.1) is 6.04 Å². The molecule has 1 saturated heterocycles. The first kappa shape index (κ1) is 17.2. The molecule has 4 nitrogen and oxygen atoms in total. The number of nitrogens with one attached hydrogen (secondary N) is 1. The monoisotopic (exact) mass is 318 g/mol. The van der Waals surface area contributed by atoms with Gasteiger partial charge in [-0.2, -0.15) is 0 Å². The third kappa shape index (κ3) is 4.35. The Morgan fingerprint density at radius 2 is 2.10 bits per heavy atom. The molecule has 1 atom stereocenters. The number of halogens is 2. The summed E-state index contributed by atoms with van der Waals surface area (Å²) in [5.74, 6) is 0.0329. The van der Waals surface area contributed by atoms with E-state index in [-0.39, 0.29) is 24.2 Å². The van der Waals surface area contributed by atoms with Crippen molar-refractivity contribution in [3.05, 3.63) is 28.8 Å². The fraction of sp³-hybridized carbons (Fsp3) is 0.500. The van der Waals surface area contributed by atoms with Crippen molar-refractivity contribution in [3.8, 4) is 0 Å². The SMILES string of the molecule is Cc1ccc(Cl)cc1NC(=O)C(N)C1CCOCC1.Cl. The van der Waals surface area contributed by atoms with E-state index >= 15 is 0 Å². The zero-order valence-corrected chi connectivity index (χ0v) is 13.0. The maximum Gasteiger partial charge on any atom is 0.241 e. The number of hydrogen-bond acceptors (Lipinski definition) is 3. The molecule has 1 aromatic carbocycles. The maximum absolute atomic E-state index is 12.2. The molecule has 0 aliphatic carbocycles. The molecule has 0 aromatic heterocycles. The minimum Gasteiger partial charge on any atom is -0.381 e. The highest BCUT2D eigenvalue weighted by molar-refractivity contribution is 6.31. The molecule has 1 heterocycles. The van der Waals surface area contributed by atoms with E-state index in [1.165, 1.54) is 0 Å². The van der Waals surface area contributed by atoms with Gasteiger partial charge in [-0.1, -0.05) is 17.7 Å². The minimum atomic E-state index is -0.498. The lowest BCUT2D eigenvalue weighted by Gasteiger charge is -2.27. The average Bonchev–Trinajstić information content (AvgIpc) is 2.43. The lowest BCUT2D eigenvalue weighted by atomic mass is 9.92. The second-order valence-electron chi connectivity index (χ2n) is 4.92. The molecule has 1 fully saturated rings. The van der Waals surface area contributed by atoms with E-state index in [1.807, 2.05) is 13.0 Å². The molecule has 1 aliphatic heterocycles. The van der Waals surface area contributed by atoms with Crippen LogP contribution in [0.1, 0.15) is 18.4 Å². The molecule has 0 bridgehead atoms. The van der Waals surface area contributed by atoms with Crippen LogP contribution < -0.4 is 11.1 Å². The van der Waals surface area contributed by atoms with Crippen LogP contribution in [-0.2, 0) is 9.53 Å². The first-order valence-corrected chi connectivity index (χ1v) is 6.86. The van der Waals surface area contributed by atoms with Crippen molar-refractivity contribution in [2.75, 3.05) is 18.5 Å². The third-order valence-electron chi connectivity index (χ3n) is 3.53. The number of benzene rings is 1. The molecule has 112 valence electrons. The van der Waals surface area contributed by atoms with E-state index in [1.54, 1.807) is 12.1 Å². The summed E-state index contributed by atoms with van der Waals surface area (Å²) in [6.07, 6.45) is 1.67. The molecule has 0 spiro atoms. The second-order valence-corrected chi connectivity index (χ2v) is 5.36. The Labute approximate surface area is 130 Å². The Balaban J connectivity index is 0.00000200. The number of hydrogen-bond donors (Lipinski definition) is 2. The van der Waals surface area contributed by atoms with E-state index in [0.717, 1.165) is 24.1 Å². The molecule has 3 N–H and O–H groups in total. The van der Waals surface area contributed by atoms with E-state index in [0.29, 0.717) is 18.2 Å². The minimum absolute atomic E-state index is 0. The standard InChI is InChI=1S/C14H19ClN2O2.ClH/c1-9-2-3-11(15)8-12(9)17-14(18)13(16)10-4-6-19-7-5-10;/h2-3,8,10,13H,4-7,16H2,1H3,(H,17,18);1H. The topological polar surface area (TPSA) is 64.4 Å². The fourth-order valence-electron chi connectivity index (χ4n) is 2.23. The van der Waals surface area contributed by atoms with Crippen molar-refractivity contribution in [2.45, 2.75) is 25.8 Å². The summed E-state index contributed by atoms with van der Waals surface area (Å²) in [4.78, 5) is 12.2. The summed E-state index contributed by atoms with van der Waals surface area (Å²) in [5.41, 5.74) is 7.72. The van der Waals surface area contributed by atoms with Gasteiger partial charge < -0.3 is 15.8 Å². The van der Waals surface area contributed by atoms with Crippen LogP contribution >= 0.6 is 24.0 Å². The van der Waals surface area contributed by atoms with Gasteiger partial charge in [-0.25, -0.2) is 0 Å². The smallest absolute Gasteiger partial charge is 0.241 e. The Morgan fingerprint density at radius 3 is 2.75 bits per heavy atom. The van der Waals surface area contributed by atoms with Gasteiger partial charge in [0.2, 0.25) is 5.91 Å². The van der Waals surface area contributed by atoms with Gasteiger partial charge in [-0.15, -0.1) is 12.4 Å². The number of anilines is 1. The van der Waals surface area contributed by atoms with Crippen LogP contribution in [0.3, 0.4) is 0 Å². The molecular formula is C14H20Cl2N2O2. The zero-order valence-electron chi connectivity index (χ0n) is 11.4. The molecule has 0 radical (unpaired) electrons. The summed E-state index contributed by atoms with van der Waals surface area (Å²) in [6, 6.07) is 4.91. The summed E-state index contributed by atoms with van der Waals surface area (Å²) < 4.78 is 5.28. The van der Waals surface area contributed by atoms with Gasteiger partial charge in [0, 0.05) is 23.9 Å². The number of rotatable bonds is 3. The first-order valence-electron chi connectivity index (χ1n) is 6.48. The van der Waals surface area contributed by atoms with Gasteiger partial charge in [-0.3, -0.25) is 4.79 Å². The summed E-state index contributed by atoms with van der Waals surface area (Å²) in [7, 11) is 0. The maximum atomic E-state index is 12.2. The number of nitrogens with two attached hydrogens (primary N) is 1. The van der Waals surface area contributed by atoms with Crippen LogP contribution in [0.15, 0.2) is 18.2 Å². The average molecular weight is 319 g/mol. The molecule has 1 amide bonds. The first-order chi connectivity index (χ1) is 9.08. The molecular weight excluding hydrogens is 299 g/mol. The quantitative estimate of drug-likeness (QED) is 0.900. The van der Waals surface area contributed by atoms with E-state index in [4.69, 9.17) is 22.1 Å². The van der Waals surface area contributed by atoms with Crippen molar-refractivity contribution in [1.82, 2.24) is 0 Å². The van der Waals surface area contributed by atoms with Gasteiger partial charge in [0.25, 0.3) is 0 Å². The van der Waals surface area contributed by atoms with Crippen molar-refractivity contribution >= 4 is 35.6 Å². The Hall–Kier alpha value is -0.810. The highest BCUT2D eigenvalue weighted by Crippen LogP contribution is 2.22. The second kappa shape index (κ2) is 7.84. The number of amides is 1. The normalized spacial score (nSPS) is 17.1. The number of carbonyl (C=O) groups is 1. The van der Waals surface area contributed by atoms with Crippen LogP contribution in [0.5, 0.6) is 0 Å².